The Balaban J connectivity index is 1.90. The number of H-pyrrole nitrogens is 1. The number of carbonyl (C=O) groups excluding carboxylic acids is 1. The van der Waals surface area contributed by atoms with E-state index in [4.69, 9.17) is 0 Å². The number of aromatic hydroxyl groups is 1. The normalized spacial score (nSPS) is 16.4. The maximum absolute atomic E-state index is 12.9. The van der Waals surface area contributed by atoms with E-state index in [9.17, 15) is 24.6 Å². The molecule has 30 heavy (non-hydrogen) atoms. The standard InChI is InChI=1S/C21H22N4O5/c1-10-19(28)13(9-26)16-18(20(10)29)24-15-12(3-4-14(27)17(15)23-16)21(30)22-11-5-7-25(2)8-6-11/h3-4,9,11,24,26,28H,5-8H2,1-2H3,(H,22,30). The lowest BCUT2D eigenvalue weighted by Gasteiger charge is -2.29. The van der Waals surface area contributed by atoms with E-state index in [1.807, 2.05) is 7.05 Å². The molecule has 3 aromatic rings. The summed E-state index contributed by atoms with van der Waals surface area (Å²) in [4.78, 5) is 47.3. The molecular weight excluding hydrogens is 388 g/mol. The fourth-order valence-electron chi connectivity index (χ4n) is 3.86. The topological polar surface area (TPSA) is 136 Å². The molecule has 4 N–H and O–H groups in total. The first-order valence-corrected chi connectivity index (χ1v) is 9.68. The van der Waals surface area contributed by atoms with E-state index in [0.29, 0.717) is 6.26 Å². The molecule has 156 valence electrons. The van der Waals surface area contributed by atoms with Crippen molar-refractivity contribution in [2.24, 2.45) is 0 Å². The second kappa shape index (κ2) is 7.42. The maximum atomic E-state index is 12.9. The van der Waals surface area contributed by atoms with E-state index in [2.05, 4.69) is 20.2 Å². The van der Waals surface area contributed by atoms with E-state index in [0.717, 1.165) is 25.9 Å². The lowest BCUT2D eigenvalue weighted by molar-refractivity contribution is 0.0918. The van der Waals surface area contributed by atoms with Gasteiger partial charge in [-0.15, -0.1) is 0 Å². The molecule has 0 unspecified atom stereocenters. The van der Waals surface area contributed by atoms with Crippen molar-refractivity contribution < 1.29 is 15.0 Å². The van der Waals surface area contributed by atoms with Crippen LogP contribution in [-0.4, -0.2) is 57.2 Å². The Morgan fingerprint density at radius 3 is 2.60 bits per heavy atom. The number of aliphatic hydroxyl groups is 1. The van der Waals surface area contributed by atoms with Gasteiger partial charge >= 0.3 is 0 Å². The van der Waals surface area contributed by atoms with Gasteiger partial charge in [0.1, 0.15) is 22.3 Å². The molecule has 1 amide bonds. The van der Waals surface area contributed by atoms with Crippen LogP contribution in [0.4, 0.5) is 0 Å². The van der Waals surface area contributed by atoms with Gasteiger partial charge in [0.2, 0.25) is 10.9 Å². The van der Waals surface area contributed by atoms with Gasteiger partial charge in [-0.2, -0.15) is 0 Å². The maximum Gasteiger partial charge on any atom is 0.253 e. The lowest BCUT2D eigenvalue weighted by atomic mass is 10.0. The van der Waals surface area contributed by atoms with Gasteiger partial charge in [0.05, 0.1) is 22.6 Å². The van der Waals surface area contributed by atoms with Crippen LogP contribution in [0.5, 0.6) is 5.75 Å². The highest BCUT2D eigenvalue weighted by Gasteiger charge is 2.22. The van der Waals surface area contributed by atoms with Crippen LogP contribution < -0.4 is 21.4 Å². The van der Waals surface area contributed by atoms with Crippen LogP contribution >= 0.6 is 0 Å². The van der Waals surface area contributed by atoms with Crippen molar-refractivity contribution in [3.63, 3.8) is 0 Å². The molecule has 2 heterocycles. The Morgan fingerprint density at radius 1 is 1.23 bits per heavy atom. The number of aromatic amines is 1. The first-order chi connectivity index (χ1) is 14.3. The van der Waals surface area contributed by atoms with Crippen LogP contribution in [-0.2, 0) is 0 Å². The summed E-state index contributed by atoms with van der Waals surface area (Å²) in [5, 5.41) is 22.6. The summed E-state index contributed by atoms with van der Waals surface area (Å²) in [5.74, 6) is -0.761. The van der Waals surface area contributed by atoms with Gasteiger partial charge in [0, 0.05) is 11.6 Å². The molecule has 1 aliphatic heterocycles. The molecule has 9 nitrogen and oxygen atoms in total. The highest BCUT2D eigenvalue weighted by molar-refractivity contribution is 6.06. The van der Waals surface area contributed by atoms with E-state index < -0.39 is 16.6 Å². The number of benzene rings is 2. The monoisotopic (exact) mass is 410 g/mol. The number of aliphatic hydroxyl groups excluding tert-OH is 1. The Bertz CT molecular complexity index is 1340. The number of likely N-dealkylation sites (tertiary alicyclic amines) is 1. The van der Waals surface area contributed by atoms with Crippen molar-refractivity contribution in [3.8, 4) is 5.75 Å². The number of carbonyl (C=O) groups is 1. The Kier molecular flexibility index (Phi) is 4.90. The molecule has 0 aliphatic carbocycles. The molecule has 0 saturated carbocycles. The van der Waals surface area contributed by atoms with E-state index in [-0.39, 0.29) is 50.4 Å². The van der Waals surface area contributed by atoms with Gasteiger partial charge < -0.3 is 25.4 Å². The first-order valence-electron chi connectivity index (χ1n) is 9.68. The van der Waals surface area contributed by atoms with Crippen LogP contribution in [0, 0.1) is 6.92 Å². The van der Waals surface area contributed by atoms with E-state index in [1.54, 1.807) is 0 Å². The van der Waals surface area contributed by atoms with Crippen LogP contribution in [0.1, 0.15) is 28.8 Å². The second-order valence-corrected chi connectivity index (χ2v) is 7.69. The van der Waals surface area contributed by atoms with Crippen molar-refractivity contribution in [2.75, 3.05) is 20.1 Å². The minimum atomic E-state index is -0.527. The SMILES string of the molecule is Cc1c(O)c(=CO)c2nc3c(=O)ccc(C(=O)NC4CCN(C)CC4)c3[nH]c2c1=O. The number of hydrogen-bond acceptors (Lipinski definition) is 7. The zero-order chi connectivity index (χ0) is 21.6. The van der Waals surface area contributed by atoms with Crippen molar-refractivity contribution in [1.82, 2.24) is 20.2 Å². The molecule has 9 heteroatoms. The first kappa shape index (κ1) is 19.8. The van der Waals surface area contributed by atoms with Crippen molar-refractivity contribution in [2.45, 2.75) is 25.8 Å². The summed E-state index contributed by atoms with van der Waals surface area (Å²) in [5.41, 5.74) is -0.694. The molecule has 1 aliphatic rings. The van der Waals surface area contributed by atoms with Gasteiger partial charge in [0.25, 0.3) is 5.91 Å². The summed E-state index contributed by atoms with van der Waals surface area (Å²) >= 11 is 0. The van der Waals surface area contributed by atoms with Crippen LogP contribution in [0.2, 0.25) is 0 Å². The third-order valence-corrected chi connectivity index (χ3v) is 5.71. The van der Waals surface area contributed by atoms with Crippen molar-refractivity contribution >= 4 is 34.2 Å². The van der Waals surface area contributed by atoms with Crippen molar-refractivity contribution in [1.29, 1.82) is 0 Å². The number of nitrogens with one attached hydrogen (secondary N) is 2. The molecule has 4 rings (SSSR count). The number of phenols is 1. The zero-order valence-corrected chi connectivity index (χ0v) is 16.7. The molecule has 1 saturated heterocycles. The summed E-state index contributed by atoms with van der Waals surface area (Å²) in [6.07, 6.45) is 2.28. The third-order valence-electron chi connectivity index (χ3n) is 5.71. The number of nitrogens with zero attached hydrogens (tertiary/aromatic N) is 2. The zero-order valence-electron chi connectivity index (χ0n) is 16.7. The number of rotatable bonds is 2. The largest absolute Gasteiger partial charge is 0.515 e. The summed E-state index contributed by atoms with van der Waals surface area (Å²) in [7, 11) is 2.03. The molecule has 1 fully saturated rings. The van der Waals surface area contributed by atoms with Crippen LogP contribution in [0.25, 0.3) is 28.3 Å². The Labute approximate surface area is 170 Å². The lowest BCUT2D eigenvalue weighted by Crippen LogP contribution is -2.43. The highest BCUT2D eigenvalue weighted by atomic mass is 16.3. The van der Waals surface area contributed by atoms with Gasteiger partial charge in [-0.3, -0.25) is 14.4 Å². The highest BCUT2D eigenvalue weighted by Crippen LogP contribution is 2.18. The summed E-state index contributed by atoms with van der Waals surface area (Å²) < 4.78 is 0. The predicted molar refractivity (Wildman–Crippen MR) is 113 cm³/mol. The molecular formula is C21H22N4O5. The number of fused-ring (bicyclic) bond motifs is 2. The molecule has 2 aromatic carbocycles. The number of hydrogen-bond donors (Lipinski definition) is 4. The average Bonchev–Trinajstić information content (AvgIpc) is 2.74. The summed E-state index contributed by atoms with van der Waals surface area (Å²) in [6.45, 7) is 3.18. The predicted octanol–water partition coefficient (Wildman–Crippen LogP) is 0.289. The smallest absolute Gasteiger partial charge is 0.253 e. The number of aromatic nitrogens is 2. The van der Waals surface area contributed by atoms with Gasteiger partial charge in [-0.05, 0) is 52.0 Å². The van der Waals surface area contributed by atoms with Crippen LogP contribution in [0.3, 0.4) is 0 Å². The van der Waals surface area contributed by atoms with E-state index >= 15 is 0 Å². The summed E-state index contributed by atoms with van der Waals surface area (Å²) in [6, 6.07) is 2.68. The third kappa shape index (κ3) is 3.17. The minimum absolute atomic E-state index is 0.00274. The Hall–Kier alpha value is -3.46. The minimum Gasteiger partial charge on any atom is -0.515 e. The average molecular weight is 410 g/mol. The number of amides is 1. The number of piperidine rings is 1. The van der Waals surface area contributed by atoms with E-state index in [1.165, 1.54) is 19.1 Å². The number of phenolic OH excluding ortho intramolecular Hbond substituents is 1. The van der Waals surface area contributed by atoms with Gasteiger partial charge in [0.15, 0.2) is 0 Å². The Morgan fingerprint density at radius 2 is 1.93 bits per heavy atom. The molecule has 0 bridgehead atoms. The molecule has 0 spiro atoms. The molecule has 1 aromatic heterocycles. The fraction of sp³-hybridized carbons (Fsp3) is 0.333. The van der Waals surface area contributed by atoms with Gasteiger partial charge in [-0.25, -0.2) is 4.98 Å². The second-order valence-electron chi connectivity index (χ2n) is 7.69. The molecule has 0 atom stereocenters. The fourth-order valence-corrected chi connectivity index (χ4v) is 3.86. The van der Waals surface area contributed by atoms with Crippen molar-refractivity contribution in [3.05, 3.63) is 48.9 Å². The quantitative estimate of drug-likeness (QED) is 0.446. The molecule has 0 radical (unpaired) electrons. The van der Waals surface area contributed by atoms with Crippen LogP contribution in [0.15, 0.2) is 21.7 Å². The van der Waals surface area contributed by atoms with Gasteiger partial charge in [-0.1, -0.05) is 0 Å².